The van der Waals surface area contributed by atoms with E-state index < -0.39 is 0 Å². The molecule has 0 spiro atoms. The Morgan fingerprint density at radius 1 is 0.933 bits per heavy atom. The van der Waals surface area contributed by atoms with E-state index in [-0.39, 0.29) is 0 Å². The first kappa shape index (κ1) is 8.81. The van der Waals surface area contributed by atoms with Crippen LogP contribution in [0.15, 0.2) is 40.8 Å². The van der Waals surface area contributed by atoms with E-state index >= 15 is 0 Å². The zero-order valence-corrected chi connectivity index (χ0v) is 9.01. The Morgan fingerprint density at radius 2 is 1.60 bits per heavy atom. The molecule has 74 valence electrons. The maximum atomic E-state index is 5.97. The van der Waals surface area contributed by atoms with Gasteiger partial charge < -0.3 is 4.42 Å². The van der Waals surface area contributed by atoms with E-state index in [1.54, 1.807) is 0 Å². The Labute approximate surface area is 92.3 Å². The molecule has 0 amide bonds. The van der Waals surface area contributed by atoms with E-state index in [1.165, 1.54) is 5.56 Å². The van der Waals surface area contributed by atoms with Gasteiger partial charge in [0.1, 0.15) is 11.2 Å². The smallest absolute Gasteiger partial charge is 0.135 e. The van der Waals surface area contributed by atoms with Gasteiger partial charge >= 0.3 is 0 Å². The minimum atomic E-state index is 0.742. The van der Waals surface area contributed by atoms with Crippen molar-refractivity contribution in [2.24, 2.45) is 0 Å². The molecule has 1 aromatic heterocycles. The number of furan rings is 1. The molecular weight excluding hydrogens is 208 g/mol. The Hall–Kier alpha value is -1.47. The van der Waals surface area contributed by atoms with Crippen LogP contribution in [0.2, 0.25) is 5.02 Å². The number of benzene rings is 2. The van der Waals surface area contributed by atoms with Crippen LogP contribution in [-0.2, 0) is 0 Å². The van der Waals surface area contributed by atoms with E-state index in [0.717, 1.165) is 27.0 Å². The summed E-state index contributed by atoms with van der Waals surface area (Å²) in [5.41, 5.74) is 3.03. The van der Waals surface area contributed by atoms with Crippen molar-refractivity contribution in [3.63, 3.8) is 0 Å². The Balaban J connectivity index is 2.55. The second-order valence-electron chi connectivity index (χ2n) is 3.74. The fourth-order valence-corrected chi connectivity index (χ4v) is 2.04. The van der Waals surface area contributed by atoms with Crippen molar-refractivity contribution in [1.82, 2.24) is 0 Å². The average Bonchev–Trinajstić information content (AvgIpc) is 2.56. The summed E-state index contributed by atoms with van der Waals surface area (Å²) in [6.45, 7) is 2.07. The molecule has 0 N–H and O–H groups in total. The summed E-state index contributed by atoms with van der Waals surface area (Å²) < 4.78 is 5.70. The van der Waals surface area contributed by atoms with Gasteiger partial charge in [0, 0.05) is 15.8 Å². The van der Waals surface area contributed by atoms with Crippen molar-refractivity contribution in [2.75, 3.05) is 0 Å². The number of hydrogen-bond donors (Lipinski definition) is 0. The molecule has 0 fully saturated rings. The molecule has 0 atom stereocenters. The van der Waals surface area contributed by atoms with Crippen LogP contribution in [0, 0.1) is 6.92 Å². The van der Waals surface area contributed by atoms with E-state index in [1.807, 2.05) is 30.3 Å². The molecular formula is C13H9ClO. The summed E-state index contributed by atoms with van der Waals surface area (Å²) in [6, 6.07) is 11.9. The molecule has 2 aromatic carbocycles. The van der Waals surface area contributed by atoms with Crippen molar-refractivity contribution >= 4 is 33.5 Å². The lowest BCUT2D eigenvalue weighted by Crippen LogP contribution is -1.70. The fourth-order valence-electron chi connectivity index (χ4n) is 1.86. The third kappa shape index (κ3) is 1.31. The van der Waals surface area contributed by atoms with Gasteiger partial charge in [-0.1, -0.05) is 23.2 Å². The topological polar surface area (TPSA) is 13.1 Å². The third-order valence-electron chi connectivity index (χ3n) is 2.59. The summed E-state index contributed by atoms with van der Waals surface area (Å²) in [6.07, 6.45) is 0. The van der Waals surface area contributed by atoms with Gasteiger partial charge in [-0.05, 0) is 37.3 Å². The van der Waals surface area contributed by atoms with Crippen LogP contribution >= 0.6 is 11.6 Å². The zero-order valence-electron chi connectivity index (χ0n) is 8.25. The monoisotopic (exact) mass is 216 g/mol. The van der Waals surface area contributed by atoms with Crippen molar-refractivity contribution in [2.45, 2.75) is 6.92 Å². The molecule has 0 radical (unpaired) electrons. The highest BCUT2D eigenvalue weighted by Gasteiger charge is 2.06. The van der Waals surface area contributed by atoms with Crippen LogP contribution in [0.4, 0.5) is 0 Å². The standard InChI is InChI=1S/C13H9ClO/c1-8-2-4-12-10(6-8)11-7-9(14)3-5-13(11)15-12/h2-7H,1H3. The Kier molecular flexibility index (Phi) is 1.77. The number of aryl methyl sites for hydroxylation is 1. The van der Waals surface area contributed by atoms with Gasteiger partial charge in [0.25, 0.3) is 0 Å². The first-order valence-corrected chi connectivity index (χ1v) is 5.20. The summed E-state index contributed by atoms with van der Waals surface area (Å²) >= 11 is 5.97. The average molecular weight is 217 g/mol. The lowest BCUT2D eigenvalue weighted by atomic mass is 10.1. The van der Waals surface area contributed by atoms with Crippen LogP contribution in [0.1, 0.15) is 5.56 Å². The quantitative estimate of drug-likeness (QED) is 0.537. The van der Waals surface area contributed by atoms with Crippen molar-refractivity contribution in [3.8, 4) is 0 Å². The number of fused-ring (bicyclic) bond motifs is 3. The molecule has 15 heavy (non-hydrogen) atoms. The van der Waals surface area contributed by atoms with Gasteiger partial charge in [0.05, 0.1) is 0 Å². The predicted octanol–water partition coefficient (Wildman–Crippen LogP) is 4.55. The largest absolute Gasteiger partial charge is 0.456 e. The summed E-state index contributed by atoms with van der Waals surface area (Å²) in [4.78, 5) is 0. The number of halogens is 1. The first-order valence-electron chi connectivity index (χ1n) is 4.82. The number of hydrogen-bond acceptors (Lipinski definition) is 1. The third-order valence-corrected chi connectivity index (χ3v) is 2.82. The summed E-state index contributed by atoms with van der Waals surface area (Å²) in [7, 11) is 0. The predicted molar refractivity (Wildman–Crippen MR) is 63.5 cm³/mol. The van der Waals surface area contributed by atoms with Crippen LogP contribution in [0.3, 0.4) is 0 Å². The van der Waals surface area contributed by atoms with Gasteiger partial charge in [-0.15, -0.1) is 0 Å². The molecule has 3 rings (SSSR count). The van der Waals surface area contributed by atoms with Crippen molar-refractivity contribution < 1.29 is 4.42 Å². The highest BCUT2D eigenvalue weighted by atomic mass is 35.5. The van der Waals surface area contributed by atoms with Crippen LogP contribution in [-0.4, -0.2) is 0 Å². The van der Waals surface area contributed by atoms with E-state index in [9.17, 15) is 0 Å². The second kappa shape index (κ2) is 3.01. The van der Waals surface area contributed by atoms with Crippen molar-refractivity contribution in [3.05, 3.63) is 47.0 Å². The summed E-state index contributed by atoms with van der Waals surface area (Å²) in [5.74, 6) is 0. The van der Waals surface area contributed by atoms with Crippen LogP contribution < -0.4 is 0 Å². The highest BCUT2D eigenvalue weighted by Crippen LogP contribution is 2.30. The molecule has 0 aliphatic rings. The first-order chi connectivity index (χ1) is 7.24. The maximum Gasteiger partial charge on any atom is 0.135 e. The van der Waals surface area contributed by atoms with Crippen LogP contribution in [0.25, 0.3) is 21.9 Å². The molecule has 3 aromatic rings. The maximum absolute atomic E-state index is 5.97. The van der Waals surface area contributed by atoms with Crippen molar-refractivity contribution in [1.29, 1.82) is 0 Å². The molecule has 0 saturated carbocycles. The normalized spacial score (nSPS) is 11.3. The highest BCUT2D eigenvalue weighted by molar-refractivity contribution is 6.31. The summed E-state index contributed by atoms with van der Waals surface area (Å²) in [5, 5.41) is 2.96. The van der Waals surface area contributed by atoms with Gasteiger partial charge in [-0.2, -0.15) is 0 Å². The molecule has 2 heteroatoms. The fraction of sp³-hybridized carbons (Fsp3) is 0.0769. The number of rotatable bonds is 0. The second-order valence-corrected chi connectivity index (χ2v) is 4.18. The lowest BCUT2D eigenvalue weighted by Gasteiger charge is -1.92. The molecule has 0 unspecified atom stereocenters. The van der Waals surface area contributed by atoms with Gasteiger partial charge in [-0.25, -0.2) is 0 Å². The van der Waals surface area contributed by atoms with Gasteiger partial charge in [-0.3, -0.25) is 0 Å². The zero-order chi connectivity index (χ0) is 10.4. The Bertz CT molecular complexity index is 596. The molecule has 0 aliphatic heterocycles. The molecule has 0 aliphatic carbocycles. The lowest BCUT2D eigenvalue weighted by molar-refractivity contribution is 0.669. The minimum absolute atomic E-state index is 0.742. The minimum Gasteiger partial charge on any atom is -0.456 e. The SMILES string of the molecule is Cc1ccc2oc3ccc(Cl)cc3c2c1. The molecule has 1 nitrogen and oxygen atoms in total. The van der Waals surface area contributed by atoms with E-state index in [2.05, 4.69) is 13.0 Å². The Morgan fingerprint density at radius 3 is 2.40 bits per heavy atom. The molecule has 0 saturated heterocycles. The van der Waals surface area contributed by atoms with Gasteiger partial charge in [0.2, 0.25) is 0 Å². The van der Waals surface area contributed by atoms with E-state index in [0.29, 0.717) is 0 Å². The van der Waals surface area contributed by atoms with E-state index in [4.69, 9.17) is 16.0 Å². The molecule has 0 bridgehead atoms. The van der Waals surface area contributed by atoms with Crippen LogP contribution in [0.5, 0.6) is 0 Å². The van der Waals surface area contributed by atoms with Gasteiger partial charge in [0.15, 0.2) is 0 Å². The molecule has 1 heterocycles.